The van der Waals surface area contributed by atoms with Crippen molar-refractivity contribution in [3.8, 4) is 17.3 Å². The number of rotatable bonds is 1. The van der Waals surface area contributed by atoms with Crippen LogP contribution in [0.15, 0.2) is 48.8 Å². The van der Waals surface area contributed by atoms with Crippen LogP contribution in [0.3, 0.4) is 0 Å². The lowest BCUT2D eigenvalue weighted by Gasteiger charge is -2.01. The van der Waals surface area contributed by atoms with Crippen LogP contribution in [0.25, 0.3) is 16.9 Å². The maximum absolute atomic E-state index is 8.73. The Labute approximate surface area is 97.8 Å². The molecule has 3 aromatic rings. The zero-order valence-corrected chi connectivity index (χ0v) is 8.91. The molecule has 2 aromatic heterocycles. The normalized spacial score (nSPS) is 10.3. The van der Waals surface area contributed by atoms with Gasteiger partial charge in [0, 0.05) is 18.0 Å². The summed E-state index contributed by atoms with van der Waals surface area (Å²) in [6.45, 7) is 0. The van der Waals surface area contributed by atoms with E-state index in [2.05, 4.69) is 16.2 Å². The summed E-state index contributed by atoms with van der Waals surface area (Å²) in [5, 5.41) is 13.2. The largest absolute Gasteiger partial charge is 0.236 e. The van der Waals surface area contributed by atoms with Gasteiger partial charge in [0.2, 0.25) is 0 Å². The minimum atomic E-state index is 0.650. The van der Waals surface area contributed by atoms with Gasteiger partial charge in [0.15, 0.2) is 5.65 Å². The molecule has 0 radical (unpaired) electrons. The summed E-state index contributed by atoms with van der Waals surface area (Å²) in [5.74, 6) is 0. The average molecular weight is 220 g/mol. The molecule has 0 fully saturated rings. The number of nitrogens with zero attached hydrogens (tertiary/aromatic N) is 4. The first kappa shape index (κ1) is 9.55. The first-order valence-corrected chi connectivity index (χ1v) is 5.18. The number of aromatic nitrogens is 3. The van der Waals surface area contributed by atoms with Crippen LogP contribution < -0.4 is 0 Å². The Kier molecular flexibility index (Phi) is 2.09. The highest BCUT2D eigenvalue weighted by molar-refractivity contribution is 5.61. The van der Waals surface area contributed by atoms with Gasteiger partial charge in [0.1, 0.15) is 0 Å². The highest BCUT2D eigenvalue weighted by atomic mass is 15.2. The third-order valence-corrected chi connectivity index (χ3v) is 2.56. The topological polar surface area (TPSA) is 54.0 Å². The van der Waals surface area contributed by atoms with Crippen LogP contribution in [0.2, 0.25) is 0 Å². The average Bonchev–Trinajstić information content (AvgIpc) is 2.86. The lowest BCUT2D eigenvalue weighted by molar-refractivity contribution is 0.942. The van der Waals surface area contributed by atoms with E-state index in [0.29, 0.717) is 5.56 Å². The molecular weight excluding hydrogens is 212 g/mol. The van der Waals surface area contributed by atoms with Crippen LogP contribution in [-0.2, 0) is 0 Å². The maximum Gasteiger partial charge on any atom is 0.153 e. The van der Waals surface area contributed by atoms with Gasteiger partial charge in [-0.15, -0.1) is 0 Å². The Hall–Kier alpha value is -2.67. The van der Waals surface area contributed by atoms with E-state index in [1.807, 2.05) is 30.5 Å². The summed E-state index contributed by atoms with van der Waals surface area (Å²) < 4.78 is 1.73. The first-order valence-electron chi connectivity index (χ1n) is 5.18. The molecule has 0 saturated carbocycles. The fraction of sp³-hybridized carbons (Fsp3) is 0. The van der Waals surface area contributed by atoms with Gasteiger partial charge in [-0.1, -0.05) is 12.1 Å². The molecule has 80 valence electrons. The fourth-order valence-electron chi connectivity index (χ4n) is 1.68. The van der Waals surface area contributed by atoms with Crippen LogP contribution in [0, 0.1) is 11.3 Å². The second-order valence-corrected chi connectivity index (χ2v) is 3.64. The molecule has 0 unspecified atom stereocenters. The Morgan fingerprint density at radius 1 is 1.06 bits per heavy atom. The molecule has 2 heterocycles. The van der Waals surface area contributed by atoms with Gasteiger partial charge in [-0.05, 0) is 24.3 Å². The minimum Gasteiger partial charge on any atom is -0.236 e. The fourth-order valence-corrected chi connectivity index (χ4v) is 1.68. The van der Waals surface area contributed by atoms with Crippen LogP contribution in [0.4, 0.5) is 0 Å². The summed E-state index contributed by atoms with van der Waals surface area (Å²) in [4.78, 5) is 4.14. The van der Waals surface area contributed by atoms with Crippen molar-refractivity contribution in [3.05, 3.63) is 54.4 Å². The van der Waals surface area contributed by atoms with Crippen molar-refractivity contribution in [1.29, 1.82) is 5.26 Å². The van der Waals surface area contributed by atoms with Crippen LogP contribution in [0.1, 0.15) is 5.56 Å². The molecule has 0 atom stereocenters. The number of imidazole rings is 1. The lowest BCUT2D eigenvalue weighted by atomic mass is 10.1. The third kappa shape index (κ3) is 1.64. The molecule has 0 bridgehead atoms. The maximum atomic E-state index is 8.73. The minimum absolute atomic E-state index is 0.650. The van der Waals surface area contributed by atoms with Crippen LogP contribution in [0.5, 0.6) is 0 Å². The molecular formula is C13H8N4. The van der Waals surface area contributed by atoms with E-state index in [-0.39, 0.29) is 0 Å². The van der Waals surface area contributed by atoms with E-state index in [1.54, 1.807) is 22.8 Å². The smallest absolute Gasteiger partial charge is 0.153 e. The molecule has 3 rings (SSSR count). The zero-order valence-electron chi connectivity index (χ0n) is 8.91. The Bertz CT molecular complexity index is 704. The molecule has 0 amide bonds. The SMILES string of the molecule is N#Cc1ccc(-c2ccc3nccn3n2)cc1. The van der Waals surface area contributed by atoms with Crippen LogP contribution in [-0.4, -0.2) is 14.6 Å². The van der Waals surface area contributed by atoms with Crippen LogP contribution >= 0.6 is 0 Å². The zero-order chi connectivity index (χ0) is 11.7. The summed E-state index contributed by atoms with van der Waals surface area (Å²) in [5.41, 5.74) is 3.32. The Morgan fingerprint density at radius 3 is 2.65 bits per heavy atom. The number of benzene rings is 1. The molecule has 1 aromatic carbocycles. The summed E-state index contributed by atoms with van der Waals surface area (Å²) in [6, 6.07) is 13.3. The van der Waals surface area contributed by atoms with Gasteiger partial charge in [-0.25, -0.2) is 9.50 Å². The number of nitriles is 1. The lowest BCUT2D eigenvalue weighted by Crippen LogP contribution is -1.92. The number of hydrogen-bond donors (Lipinski definition) is 0. The molecule has 0 spiro atoms. The monoisotopic (exact) mass is 220 g/mol. The van der Waals surface area contributed by atoms with Crippen molar-refractivity contribution in [2.45, 2.75) is 0 Å². The molecule has 17 heavy (non-hydrogen) atoms. The van der Waals surface area contributed by atoms with Crippen molar-refractivity contribution in [3.63, 3.8) is 0 Å². The first-order chi connectivity index (χ1) is 8.36. The van der Waals surface area contributed by atoms with Crippen molar-refractivity contribution < 1.29 is 0 Å². The van der Waals surface area contributed by atoms with E-state index < -0.39 is 0 Å². The molecule has 0 aliphatic rings. The predicted molar refractivity (Wildman–Crippen MR) is 63.1 cm³/mol. The van der Waals surface area contributed by atoms with E-state index in [1.165, 1.54) is 0 Å². The van der Waals surface area contributed by atoms with Gasteiger partial charge < -0.3 is 0 Å². The van der Waals surface area contributed by atoms with E-state index in [9.17, 15) is 0 Å². The second kappa shape index (κ2) is 3.72. The third-order valence-electron chi connectivity index (χ3n) is 2.56. The molecule has 0 saturated heterocycles. The van der Waals surface area contributed by atoms with Crippen molar-refractivity contribution in [1.82, 2.24) is 14.6 Å². The van der Waals surface area contributed by atoms with Crippen molar-refractivity contribution >= 4 is 5.65 Å². The summed E-state index contributed by atoms with van der Waals surface area (Å²) in [7, 11) is 0. The Morgan fingerprint density at radius 2 is 1.88 bits per heavy atom. The molecule has 0 N–H and O–H groups in total. The summed E-state index contributed by atoms with van der Waals surface area (Å²) >= 11 is 0. The van der Waals surface area contributed by atoms with Gasteiger partial charge >= 0.3 is 0 Å². The van der Waals surface area contributed by atoms with E-state index in [0.717, 1.165) is 16.9 Å². The molecule has 4 heteroatoms. The molecule has 0 aliphatic heterocycles. The number of fused-ring (bicyclic) bond motifs is 1. The molecule has 0 aliphatic carbocycles. The van der Waals surface area contributed by atoms with Gasteiger partial charge in [-0.2, -0.15) is 10.4 Å². The predicted octanol–water partition coefficient (Wildman–Crippen LogP) is 2.27. The van der Waals surface area contributed by atoms with E-state index in [4.69, 9.17) is 5.26 Å². The van der Waals surface area contributed by atoms with E-state index >= 15 is 0 Å². The molecule has 4 nitrogen and oxygen atoms in total. The van der Waals surface area contributed by atoms with Gasteiger partial charge in [-0.3, -0.25) is 0 Å². The van der Waals surface area contributed by atoms with Crippen molar-refractivity contribution in [2.75, 3.05) is 0 Å². The van der Waals surface area contributed by atoms with Crippen molar-refractivity contribution in [2.24, 2.45) is 0 Å². The standard InChI is InChI=1S/C13H8N4/c14-9-10-1-3-11(4-2-10)12-5-6-13-15-7-8-17(13)16-12/h1-8H. The second-order valence-electron chi connectivity index (χ2n) is 3.64. The Balaban J connectivity index is 2.10. The highest BCUT2D eigenvalue weighted by Crippen LogP contribution is 2.17. The van der Waals surface area contributed by atoms with Gasteiger partial charge in [0.25, 0.3) is 0 Å². The highest BCUT2D eigenvalue weighted by Gasteiger charge is 2.01. The quantitative estimate of drug-likeness (QED) is 0.632. The summed E-state index contributed by atoms with van der Waals surface area (Å²) in [6.07, 6.45) is 3.52. The number of hydrogen-bond acceptors (Lipinski definition) is 3. The van der Waals surface area contributed by atoms with Gasteiger partial charge in [0.05, 0.1) is 17.3 Å².